The first-order valence-corrected chi connectivity index (χ1v) is 6.19. The monoisotopic (exact) mass is 265 g/mol. The second kappa shape index (κ2) is 5.89. The molecule has 0 unspecified atom stereocenters. The fraction of sp³-hybridized carbons (Fsp3) is 0.125. The largest absolute Gasteiger partial charge is 0.437 e. The van der Waals surface area contributed by atoms with Gasteiger partial charge >= 0.3 is 0 Å². The standard InChI is InChI=1S/C16H15N3O/c1-3-4-12-9-14(18)7-8-15(12)20-16-13(10-17)6-5-11(2)19-16/h3,5-9H,1,4,18H2,2H3. The van der Waals surface area contributed by atoms with Crippen LogP contribution in [-0.2, 0) is 6.42 Å². The molecule has 0 radical (unpaired) electrons. The van der Waals surface area contributed by atoms with E-state index in [-0.39, 0.29) is 0 Å². The Hall–Kier alpha value is -2.80. The van der Waals surface area contributed by atoms with Gasteiger partial charge in [0.15, 0.2) is 0 Å². The molecule has 0 saturated heterocycles. The summed E-state index contributed by atoms with van der Waals surface area (Å²) in [5.41, 5.74) is 8.53. The van der Waals surface area contributed by atoms with E-state index in [1.165, 1.54) is 0 Å². The second-order valence-corrected chi connectivity index (χ2v) is 4.38. The topological polar surface area (TPSA) is 71.9 Å². The first kappa shape index (κ1) is 13.6. The zero-order valence-electron chi connectivity index (χ0n) is 11.3. The number of anilines is 1. The van der Waals surface area contributed by atoms with Crippen molar-refractivity contribution in [2.24, 2.45) is 0 Å². The molecular formula is C16H15N3O. The zero-order valence-corrected chi connectivity index (χ0v) is 11.3. The molecule has 4 heteroatoms. The molecule has 0 amide bonds. The van der Waals surface area contributed by atoms with Crippen LogP contribution in [0.25, 0.3) is 0 Å². The van der Waals surface area contributed by atoms with Gasteiger partial charge in [-0.2, -0.15) is 5.26 Å². The fourth-order valence-electron chi connectivity index (χ4n) is 1.81. The number of hydrogen-bond donors (Lipinski definition) is 1. The van der Waals surface area contributed by atoms with E-state index in [1.54, 1.807) is 30.3 Å². The van der Waals surface area contributed by atoms with Gasteiger partial charge in [-0.1, -0.05) is 6.08 Å². The highest BCUT2D eigenvalue weighted by Crippen LogP contribution is 2.28. The highest BCUT2D eigenvalue weighted by atomic mass is 16.5. The molecule has 0 bridgehead atoms. The third-order valence-corrected chi connectivity index (χ3v) is 2.78. The summed E-state index contributed by atoms with van der Waals surface area (Å²) >= 11 is 0. The van der Waals surface area contributed by atoms with Crippen molar-refractivity contribution in [3.63, 3.8) is 0 Å². The number of rotatable bonds is 4. The summed E-state index contributed by atoms with van der Waals surface area (Å²) in [6.45, 7) is 5.57. The normalized spacial score (nSPS) is 9.80. The van der Waals surface area contributed by atoms with E-state index in [0.29, 0.717) is 29.3 Å². The van der Waals surface area contributed by atoms with E-state index in [4.69, 9.17) is 15.7 Å². The van der Waals surface area contributed by atoms with Crippen LogP contribution in [0.2, 0.25) is 0 Å². The van der Waals surface area contributed by atoms with E-state index in [0.717, 1.165) is 11.3 Å². The SMILES string of the molecule is C=CCc1cc(N)ccc1Oc1nc(C)ccc1C#N. The summed E-state index contributed by atoms with van der Waals surface area (Å²) in [6.07, 6.45) is 2.41. The van der Waals surface area contributed by atoms with Gasteiger partial charge in [0.1, 0.15) is 17.4 Å². The quantitative estimate of drug-likeness (QED) is 0.679. The van der Waals surface area contributed by atoms with Gasteiger partial charge in [-0.15, -0.1) is 6.58 Å². The van der Waals surface area contributed by atoms with Gasteiger partial charge in [0, 0.05) is 16.9 Å². The summed E-state index contributed by atoms with van der Waals surface area (Å²) < 4.78 is 5.78. The molecule has 20 heavy (non-hydrogen) atoms. The lowest BCUT2D eigenvalue weighted by Gasteiger charge is -2.11. The van der Waals surface area contributed by atoms with Crippen molar-refractivity contribution >= 4 is 5.69 Å². The van der Waals surface area contributed by atoms with Crippen molar-refractivity contribution in [3.05, 3.63) is 59.8 Å². The Kier molecular flexibility index (Phi) is 4.02. The van der Waals surface area contributed by atoms with Crippen molar-refractivity contribution < 1.29 is 4.74 Å². The maximum absolute atomic E-state index is 9.10. The number of pyridine rings is 1. The summed E-state index contributed by atoms with van der Waals surface area (Å²) in [5, 5.41) is 9.10. The molecule has 0 spiro atoms. The Morgan fingerprint density at radius 1 is 1.40 bits per heavy atom. The highest BCUT2D eigenvalue weighted by molar-refractivity contribution is 5.50. The van der Waals surface area contributed by atoms with Gasteiger partial charge < -0.3 is 10.5 Å². The molecule has 100 valence electrons. The van der Waals surface area contributed by atoms with Crippen molar-refractivity contribution in [1.29, 1.82) is 5.26 Å². The highest BCUT2D eigenvalue weighted by Gasteiger charge is 2.10. The number of nitrogens with two attached hydrogens (primary N) is 1. The molecule has 2 rings (SSSR count). The number of benzene rings is 1. The molecule has 1 heterocycles. The van der Waals surface area contributed by atoms with E-state index < -0.39 is 0 Å². The van der Waals surface area contributed by atoms with E-state index >= 15 is 0 Å². The first-order chi connectivity index (χ1) is 9.63. The number of aryl methyl sites for hydroxylation is 1. The second-order valence-electron chi connectivity index (χ2n) is 4.38. The average molecular weight is 265 g/mol. The van der Waals surface area contributed by atoms with Gasteiger partial charge in [0.2, 0.25) is 5.88 Å². The number of aromatic nitrogens is 1. The summed E-state index contributed by atoms with van der Waals surface area (Å²) in [6, 6.07) is 10.9. The molecule has 1 aromatic carbocycles. The minimum Gasteiger partial charge on any atom is -0.437 e. The Labute approximate surface area is 118 Å². The average Bonchev–Trinajstić information content (AvgIpc) is 2.42. The van der Waals surface area contributed by atoms with Crippen LogP contribution < -0.4 is 10.5 Å². The molecule has 2 N–H and O–H groups in total. The summed E-state index contributed by atoms with van der Waals surface area (Å²) in [5.74, 6) is 0.941. The van der Waals surface area contributed by atoms with Crippen molar-refractivity contribution in [2.45, 2.75) is 13.3 Å². The Bertz CT molecular complexity index is 687. The molecule has 0 saturated carbocycles. The van der Waals surface area contributed by atoms with Crippen LogP contribution in [0.15, 0.2) is 43.0 Å². The molecular weight excluding hydrogens is 250 g/mol. The van der Waals surface area contributed by atoms with Crippen molar-refractivity contribution in [3.8, 4) is 17.7 Å². The lowest BCUT2D eigenvalue weighted by molar-refractivity contribution is 0.455. The molecule has 0 aliphatic carbocycles. The predicted octanol–water partition coefficient (Wildman–Crippen LogP) is 3.36. The number of nitrogens with zero attached hydrogens (tertiary/aromatic N) is 2. The Morgan fingerprint density at radius 3 is 2.90 bits per heavy atom. The molecule has 0 fully saturated rings. The minimum atomic E-state index is 0.308. The lowest BCUT2D eigenvalue weighted by atomic mass is 10.1. The third-order valence-electron chi connectivity index (χ3n) is 2.78. The number of hydrogen-bond acceptors (Lipinski definition) is 4. The Morgan fingerprint density at radius 2 is 2.20 bits per heavy atom. The fourth-order valence-corrected chi connectivity index (χ4v) is 1.81. The molecule has 0 aliphatic rings. The van der Waals surface area contributed by atoms with E-state index in [2.05, 4.69) is 17.6 Å². The molecule has 0 atom stereocenters. The van der Waals surface area contributed by atoms with Crippen LogP contribution in [0.5, 0.6) is 11.6 Å². The van der Waals surface area contributed by atoms with Crippen LogP contribution in [0, 0.1) is 18.3 Å². The number of nitriles is 1. The lowest BCUT2D eigenvalue weighted by Crippen LogP contribution is -1.97. The first-order valence-electron chi connectivity index (χ1n) is 6.19. The molecule has 1 aromatic heterocycles. The van der Waals surface area contributed by atoms with Crippen molar-refractivity contribution in [1.82, 2.24) is 4.98 Å². The smallest absolute Gasteiger partial charge is 0.237 e. The maximum Gasteiger partial charge on any atom is 0.237 e. The summed E-state index contributed by atoms with van der Waals surface area (Å²) in [7, 11) is 0. The van der Waals surface area contributed by atoms with Gasteiger partial charge in [-0.3, -0.25) is 0 Å². The maximum atomic E-state index is 9.10. The number of ether oxygens (including phenoxy) is 1. The Balaban J connectivity index is 2.42. The van der Waals surface area contributed by atoms with Gasteiger partial charge in [0.25, 0.3) is 0 Å². The van der Waals surface area contributed by atoms with Crippen molar-refractivity contribution in [2.75, 3.05) is 5.73 Å². The number of nitrogen functional groups attached to an aromatic ring is 1. The van der Waals surface area contributed by atoms with Crippen LogP contribution in [0.1, 0.15) is 16.8 Å². The minimum absolute atomic E-state index is 0.308. The molecule has 4 nitrogen and oxygen atoms in total. The number of allylic oxidation sites excluding steroid dienone is 1. The zero-order chi connectivity index (χ0) is 14.5. The van der Waals surface area contributed by atoms with Crippen LogP contribution in [-0.4, -0.2) is 4.98 Å². The van der Waals surface area contributed by atoms with Gasteiger partial charge in [-0.25, -0.2) is 4.98 Å². The van der Waals surface area contributed by atoms with E-state index in [1.807, 2.05) is 13.0 Å². The summed E-state index contributed by atoms with van der Waals surface area (Å²) in [4.78, 5) is 4.26. The predicted molar refractivity (Wildman–Crippen MR) is 78.5 cm³/mol. The van der Waals surface area contributed by atoms with Crippen LogP contribution >= 0.6 is 0 Å². The van der Waals surface area contributed by atoms with Gasteiger partial charge in [-0.05, 0) is 43.7 Å². The molecule has 0 aliphatic heterocycles. The molecule has 2 aromatic rings. The van der Waals surface area contributed by atoms with E-state index in [9.17, 15) is 0 Å². The van der Waals surface area contributed by atoms with Gasteiger partial charge in [0.05, 0.1) is 0 Å². The third kappa shape index (κ3) is 2.96. The van der Waals surface area contributed by atoms with Crippen LogP contribution in [0.4, 0.5) is 5.69 Å². The van der Waals surface area contributed by atoms with Crippen LogP contribution in [0.3, 0.4) is 0 Å².